The van der Waals surface area contributed by atoms with Crippen molar-refractivity contribution in [1.29, 1.82) is 0 Å². The van der Waals surface area contributed by atoms with E-state index in [1.807, 2.05) is 51.2 Å². The highest BCUT2D eigenvalue weighted by Crippen LogP contribution is 2.28. The molecule has 0 unspecified atom stereocenters. The SMILES string of the molecule is C/C=C\C(=C/C)c1ncc(N)cc1O/C(C)=C/C=C\CC. The van der Waals surface area contributed by atoms with E-state index in [0.717, 1.165) is 23.4 Å². The minimum absolute atomic E-state index is 0.585. The van der Waals surface area contributed by atoms with Gasteiger partial charge < -0.3 is 10.5 Å². The number of allylic oxidation sites excluding steroid dienone is 8. The molecule has 0 aliphatic carbocycles. The maximum Gasteiger partial charge on any atom is 0.155 e. The Hall–Kier alpha value is -2.29. The molecule has 0 radical (unpaired) electrons. The lowest BCUT2D eigenvalue weighted by atomic mass is 10.1. The third kappa shape index (κ3) is 5.30. The van der Waals surface area contributed by atoms with E-state index < -0.39 is 0 Å². The molecule has 0 aliphatic rings. The molecule has 0 aromatic carbocycles. The Morgan fingerprint density at radius 1 is 1.38 bits per heavy atom. The molecule has 0 amide bonds. The van der Waals surface area contributed by atoms with Gasteiger partial charge in [-0.05, 0) is 38.8 Å². The van der Waals surface area contributed by atoms with Crippen molar-refractivity contribution in [3.63, 3.8) is 0 Å². The fraction of sp³-hybridized carbons (Fsp3) is 0.278. The number of nitrogens with two attached hydrogens (primary N) is 1. The number of nitrogen functional groups attached to an aromatic ring is 1. The average molecular weight is 284 g/mol. The predicted molar refractivity (Wildman–Crippen MR) is 90.9 cm³/mol. The van der Waals surface area contributed by atoms with Crippen LogP contribution in [0, 0.1) is 0 Å². The summed E-state index contributed by atoms with van der Waals surface area (Å²) in [6, 6.07) is 1.80. The molecule has 112 valence electrons. The van der Waals surface area contributed by atoms with E-state index in [-0.39, 0.29) is 0 Å². The second kappa shape index (κ2) is 8.80. The van der Waals surface area contributed by atoms with Gasteiger partial charge in [-0.2, -0.15) is 0 Å². The molecule has 2 N–H and O–H groups in total. The van der Waals surface area contributed by atoms with Crippen molar-refractivity contribution in [2.75, 3.05) is 5.73 Å². The van der Waals surface area contributed by atoms with Crippen molar-refractivity contribution in [2.24, 2.45) is 0 Å². The van der Waals surface area contributed by atoms with E-state index in [0.29, 0.717) is 11.4 Å². The van der Waals surface area contributed by atoms with Crippen LogP contribution < -0.4 is 10.5 Å². The number of pyridine rings is 1. The summed E-state index contributed by atoms with van der Waals surface area (Å²) in [6.45, 7) is 7.96. The van der Waals surface area contributed by atoms with Gasteiger partial charge in [0.1, 0.15) is 11.5 Å². The van der Waals surface area contributed by atoms with Crippen molar-refractivity contribution in [1.82, 2.24) is 4.98 Å². The fourth-order valence-electron chi connectivity index (χ4n) is 1.79. The first-order valence-corrected chi connectivity index (χ1v) is 7.18. The zero-order chi connectivity index (χ0) is 15.7. The van der Waals surface area contributed by atoms with Gasteiger partial charge in [-0.3, -0.25) is 4.98 Å². The first-order chi connectivity index (χ1) is 10.1. The Labute approximate surface area is 127 Å². The zero-order valence-corrected chi connectivity index (χ0v) is 13.3. The summed E-state index contributed by atoms with van der Waals surface area (Å²) in [7, 11) is 0. The lowest BCUT2D eigenvalue weighted by Gasteiger charge is -2.12. The average Bonchev–Trinajstić information content (AvgIpc) is 2.46. The van der Waals surface area contributed by atoms with Crippen LogP contribution in [0.5, 0.6) is 5.75 Å². The molecule has 0 saturated carbocycles. The monoisotopic (exact) mass is 284 g/mol. The summed E-state index contributed by atoms with van der Waals surface area (Å²) < 4.78 is 5.89. The number of nitrogens with zero attached hydrogens (tertiary/aromatic N) is 1. The second-order valence-corrected chi connectivity index (χ2v) is 4.58. The van der Waals surface area contributed by atoms with Crippen molar-refractivity contribution in [2.45, 2.75) is 34.1 Å². The van der Waals surface area contributed by atoms with Gasteiger partial charge in [0.25, 0.3) is 0 Å². The number of hydrogen-bond donors (Lipinski definition) is 1. The minimum atomic E-state index is 0.585. The number of aromatic nitrogens is 1. The van der Waals surface area contributed by atoms with Gasteiger partial charge >= 0.3 is 0 Å². The molecule has 0 bridgehead atoms. The molecular formula is C18H24N2O. The van der Waals surface area contributed by atoms with E-state index >= 15 is 0 Å². The summed E-state index contributed by atoms with van der Waals surface area (Å²) in [4.78, 5) is 4.40. The van der Waals surface area contributed by atoms with Gasteiger partial charge in [0.05, 0.1) is 11.9 Å². The lowest BCUT2D eigenvalue weighted by Crippen LogP contribution is -1.99. The molecule has 0 atom stereocenters. The van der Waals surface area contributed by atoms with Crippen LogP contribution in [0.15, 0.2) is 54.5 Å². The molecule has 0 aliphatic heterocycles. The Balaban J connectivity index is 3.13. The Bertz CT molecular complexity index is 581. The Morgan fingerprint density at radius 3 is 2.76 bits per heavy atom. The first kappa shape index (κ1) is 16.8. The number of rotatable bonds is 6. The van der Waals surface area contributed by atoms with Gasteiger partial charge in [0.15, 0.2) is 5.75 Å². The van der Waals surface area contributed by atoms with Crippen LogP contribution in [-0.4, -0.2) is 4.98 Å². The van der Waals surface area contributed by atoms with Gasteiger partial charge in [-0.15, -0.1) is 0 Å². The Kier molecular flexibility index (Phi) is 7.02. The summed E-state index contributed by atoms with van der Waals surface area (Å²) in [6.07, 6.45) is 14.6. The smallest absolute Gasteiger partial charge is 0.155 e. The number of hydrogen-bond acceptors (Lipinski definition) is 3. The third-order valence-corrected chi connectivity index (χ3v) is 2.78. The highest BCUT2D eigenvalue weighted by atomic mass is 16.5. The van der Waals surface area contributed by atoms with E-state index in [9.17, 15) is 0 Å². The molecule has 1 rings (SSSR count). The largest absolute Gasteiger partial charge is 0.460 e. The van der Waals surface area contributed by atoms with Crippen LogP contribution in [-0.2, 0) is 0 Å². The van der Waals surface area contributed by atoms with Crippen LogP contribution in [0.3, 0.4) is 0 Å². The van der Waals surface area contributed by atoms with Crippen LogP contribution in [0.4, 0.5) is 5.69 Å². The quantitative estimate of drug-likeness (QED) is 0.597. The molecule has 21 heavy (non-hydrogen) atoms. The molecule has 3 heteroatoms. The zero-order valence-electron chi connectivity index (χ0n) is 13.3. The van der Waals surface area contributed by atoms with Crippen LogP contribution >= 0.6 is 0 Å². The molecular weight excluding hydrogens is 260 g/mol. The van der Waals surface area contributed by atoms with Crippen LogP contribution in [0.2, 0.25) is 0 Å². The molecule has 0 spiro atoms. The minimum Gasteiger partial charge on any atom is -0.460 e. The van der Waals surface area contributed by atoms with Crippen molar-refractivity contribution in [3.8, 4) is 5.75 Å². The van der Waals surface area contributed by atoms with Gasteiger partial charge in [0.2, 0.25) is 0 Å². The first-order valence-electron chi connectivity index (χ1n) is 7.18. The predicted octanol–water partition coefficient (Wildman–Crippen LogP) is 4.89. The Morgan fingerprint density at radius 2 is 2.14 bits per heavy atom. The topological polar surface area (TPSA) is 48.1 Å². The third-order valence-electron chi connectivity index (χ3n) is 2.78. The van der Waals surface area contributed by atoms with E-state index in [1.165, 1.54) is 0 Å². The highest BCUT2D eigenvalue weighted by Gasteiger charge is 2.09. The van der Waals surface area contributed by atoms with E-state index in [2.05, 4.69) is 18.0 Å². The molecule has 0 saturated heterocycles. The maximum absolute atomic E-state index is 5.89. The molecule has 1 heterocycles. The van der Waals surface area contributed by atoms with Crippen molar-refractivity contribution < 1.29 is 4.74 Å². The molecule has 0 fully saturated rings. The standard InChI is InChI=1S/C18H24N2O/c1-5-8-9-11-14(4)21-17-12-16(19)13-20-18(17)15(7-3)10-6-2/h6-13H,5,19H2,1-4H3/b9-8-,10-6-,14-11+,15-7+. The second-order valence-electron chi connectivity index (χ2n) is 4.58. The van der Waals surface area contributed by atoms with Crippen molar-refractivity contribution in [3.05, 3.63) is 60.2 Å². The summed E-state index contributed by atoms with van der Waals surface area (Å²) in [5, 5.41) is 0. The molecule has 1 aromatic heterocycles. The van der Waals surface area contributed by atoms with E-state index in [4.69, 9.17) is 10.5 Å². The van der Waals surface area contributed by atoms with Crippen LogP contribution in [0.25, 0.3) is 5.57 Å². The normalized spacial score (nSPS) is 13.3. The highest BCUT2D eigenvalue weighted by molar-refractivity contribution is 5.76. The summed E-state index contributed by atoms with van der Waals surface area (Å²) in [5.74, 6) is 1.46. The van der Waals surface area contributed by atoms with Gasteiger partial charge in [0, 0.05) is 6.07 Å². The lowest BCUT2D eigenvalue weighted by molar-refractivity contribution is 0.425. The number of ether oxygens (including phenoxy) is 1. The summed E-state index contributed by atoms with van der Waals surface area (Å²) in [5.41, 5.74) is 8.20. The van der Waals surface area contributed by atoms with Gasteiger partial charge in [-0.1, -0.05) is 37.3 Å². The molecule has 1 aromatic rings. The molecule has 3 nitrogen and oxygen atoms in total. The number of anilines is 1. The van der Waals surface area contributed by atoms with Crippen LogP contribution in [0.1, 0.15) is 39.8 Å². The summed E-state index contributed by atoms with van der Waals surface area (Å²) >= 11 is 0. The maximum atomic E-state index is 5.89. The van der Waals surface area contributed by atoms with Gasteiger partial charge in [-0.25, -0.2) is 0 Å². The van der Waals surface area contributed by atoms with Crippen molar-refractivity contribution >= 4 is 11.3 Å². The fourth-order valence-corrected chi connectivity index (χ4v) is 1.79. The van der Waals surface area contributed by atoms with E-state index in [1.54, 1.807) is 12.3 Å².